The number of nitrogens with one attached hydrogen (secondary N) is 1. The van der Waals surface area contributed by atoms with E-state index >= 15 is 0 Å². The summed E-state index contributed by atoms with van der Waals surface area (Å²) in [5.41, 5.74) is 3.35. The van der Waals surface area contributed by atoms with Crippen molar-refractivity contribution in [1.29, 1.82) is 0 Å². The molecule has 0 bridgehead atoms. The van der Waals surface area contributed by atoms with Crippen molar-refractivity contribution in [3.05, 3.63) is 34.9 Å². The number of carbonyl (C=O) groups is 1. The quantitative estimate of drug-likeness (QED) is 0.765. The van der Waals surface area contributed by atoms with Crippen LogP contribution in [0.15, 0.2) is 18.2 Å². The predicted molar refractivity (Wildman–Crippen MR) is 90.0 cm³/mol. The topological polar surface area (TPSA) is 29.1 Å². The van der Waals surface area contributed by atoms with Crippen molar-refractivity contribution in [3.63, 3.8) is 0 Å². The molecule has 1 aliphatic heterocycles. The monoisotopic (exact) mass is 349 g/mol. The Morgan fingerprint density at radius 1 is 1.10 bits per heavy atom. The highest BCUT2D eigenvalue weighted by Gasteiger charge is 2.24. The van der Waals surface area contributed by atoms with Crippen LogP contribution in [-0.2, 0) is 6.42 Å². The Morgan fingerprint density at radius 3 is 2.57 bits per heavy atom. The number of amides is 1. The van der Waals surface area contributed by atoms with E-state index in [9.17, 15) is 4.79 Å². The summed E-state index contributed by atoms with van der Waals surface area (Å²) in [6.07, 6.45) is 10.4. The third-order valence-corrected chi connectivity index (χ3v) is 6.22. The van der Waals surface area contributed by atoms with Crippen LogP contribution in [0, 0.1) is 5.92 Å². The van der Waals surface area contributed by atoms with Gasteiger partial charge >= 0.3 is 0 Å². The van der Waals surface area contributed by atoms with Crippen molar-refractivity contribution >= 4 is 21.8 Å². The minimum Gasteiger partial charge on any atom is -0.352 e. The zero-order valence-electron chi connectivity index (χ0n) is 12.5. The minimum atomic E-state index is 0.0930. The summed E-state index contributed by atoms with van der Waals surface area (Å²) in [5.74, 6) is 0.797. The van der Waals surface area contributed by atoms with Crippen LogP contribution in [0.3, 0.4) is 0 Å². The number of benzene rings is 1. The van der Waals surface area contributed by atoms with Crippen LogP contribution >= 0.6 is 15.9 Å². The first-order valence-corrected chi connectivity index (χ1v) is 9.22. The molecule has 1 unspecified atom stereocenters. The molecule has 114 valence electrons. The van der Waals surface area contributed by atoms with Crippen molar-refractivity contribution in [2.75, 3.05) is 6.54 Å². The molecule has 3 rings (SSSR count). The lowest BCUT2D eigenvalue weighted by Crippen LogP contribution is -2.31. The Hall–Kier alpha value is -0.830. The van der Waals surface area contributed by atoms with E-state index in [1.165, 1.54) is 56.1 Å². The number of halogens is 1. The maximum absolute atomic E-state index is 12.0. The molecule has 0 radical (unpaired) electrons. The molecule has 1 aromatic rings. The Labute approximate surface area is 135 Å². The lowest BCUT2D eigenvalue weighted by Gasteiger charge is -2.26. The average Bonchev–Trinajstić information content (AvgIpc) is 2.46. The second-order valence-electron chi connectivity index (χ2n) is 6.43. The zero-order valence-corrected chi connectivity index (χ0v) is 14.1. The standard InChI is InChI=1S/C18H24BrNO/c19-17(14-6-4-2-1-3-5-7-14)15-9-8-13-10-11-20-18(21)16(13)12-15/h8-9,12,14,17H,1-7,10-11H2,(H,20,21). The van der Waals surface area contributed by atoms with Gasteiger partial charge in [-0.15, -0.1) is 0 Å². The molecule has 1 saturated carbocycles. The van der Waals surface area contributed by atoms with E-state index in [0.717, 1.165) is 18.5 Å². The summed E-state index contributed by atoms with van der Waals surface area (Å²) < 4.78 is 0. The maximum atomic E-state index is 12.0. The molecule has 0 spiro atoms. The fourth-order valence-electron chi connectivity index (χ4n) is 3.65. The van der Waals surface area contributed by atoms with Crippen LogP contribution in [0.5, 0.6) is 0 Å². The van der Waals surface area contributed by atoms with Gasteiger partial charge in [0.25, 0.3) is 5.91 Å². The number of fused-ring (bicyclic) bond motifs is 1. The molecule has 1 fully saturated rings. The van der Waals surface area contributed by atoms with Gasteiger partial charge in [-0.2, -0.15) is 0 Å². The van der Waals surface area contributed by atoms with Crippen LogP contribution in [-0.4, -0.2) is 12.5 Å². The SMILES string of the molecule is O=C1NCCc2ccc(C(Br)C3CCCCCCC3)cc21. The van der Waals surface area contributed by atoms with Gasteiger partial charge in [0.15, 0.2) is 0 Å². The van der Waals surface area contributed by atoms with Crippen molar-refractivity contribution in [2.45, 2.75) is 56.2 Å². The van der Waals surface area contributed by atoms with Gasteiger partial charge in [-0.3, -0.25) is 4.79 Å². The Bertz CT molecular complexity index is 506. The predicted octanol–water partition coefficient (Wildman–Crippen LogP) is 4.77. The summed E-state index contributed by atoms with van der Waals surface area (Å²) in [5, 5.41) is 2.95. The normalized spacial score (nSPS) is 21.9. The fraction of sp³-hybridized carbons (Fsp3) is 0.611. The minimum absolute atomic E-state index is 0.0930. The largest absolute Gasteiger partial charge is 0.352 e. The van der Waals surface area contributed by atoms with Crippen molar-refractivity contribution < 1.29 is 4.79 Å². The Balaban J connectivity index is 1.78. The molecule has 21 heavy (non-hydrogen) atoms. The molecule has 0 saturated heterocycles. The van der Waals surface area contributed by atoms with E-state index in [2.05, 4.69) is 39.4 Å². The highest BCUT2D eigenvalue weighted by molar-refractivity contribution is 9.09. The lowest BCUT2D eigenvalue weighted by molar-refractivity contribution is 0.0946. The van der Waals surface area contributed by atoms with E-state index in [1.807, 2.05) is 0 Å². The third kappa shape index (κ3) is 3.50. The summed E-state index contributed by atoms with van der Waals surface area (Å²) in [4.78, 5) is 12.4. The molecular weight excluding hydrogens is 326 g/mol. The van der Waals surface area contributed by atoms with Gasteiger partial charge in [0.1, 0.15) is 0 Å². The van der Waals surface area contributed by atoms with E-state index in [4.69, 9.17) is 0 Å². The molecule has 1 aliphatic carbocycles. The molecule has 2 aliphatic rings. The van der Waals surface area contributed by atoms with Gasteiger partial charge in [-0.1, -0.05) is 60.2 Å². The van der Waals surface area contributed by atoms with Gasteiger partial charge < -0.3 is 5.32 Å². The second-order valence-corrected chi connectivity index (χ2v) is 7.42. The number of hydrogen-bond donors (Lipinski definition) is 1. The van der Waals surface area contributed by atoms with Gasteiger partial charge in [0, 0.05) is 16.9 Å². The molecular formula is C18H24BrNO. The number of alkyl halides is 1. The van der Waals surface area contributed by atoms with Gasteiger partial charge in [0.05, 0.1) is 0 Å². The molecule has 0 aromatic heterocycles. The molecule has 1 heterocycles. The summed E-state index contributed by atoms with van der Waals surface area (Å²) in [6.45, 7) is 0.769. The van der Waals surface area contributed by atoms with Crippen LogP contribution in [0.25, 0.3) is 0 Å². The van der Waals surface area contributed by atoms with Crippen molar-refractivity contribution in [1.82, 2.24) is 5.32 Å². The first-order valence-electron chi connectivity index (χ1n) is 8.31. The maximum Gasteiger partial charge on any atom is 0.251 e. The zero-order chi connectivity index (χ0) is 14.7. The molecule has 2 nitrogen and oxygen atoms in total. The number of rotatable bonds is 2. The van der Waals surface area contributed by atoms with Crippen LogP contribution in [0.1, 0.15) is 71.3 Å². The van der Waals surface area contributed by atoms with Gasteiger partial charge in [0.2, 0.25) is 0 Å². The summed E-state index contributed by atoms with van der Waals surface area (Å²) >= 11 is 3.92. The second kappa shape index (κ2) is 6.95. The number of carbonyl (C=O) groups excluding carboxylic acids is 1. The van der Waals surface area contributed by atoms with Crippen LogP contribution < -0.4 is 5.32 Å². The molecule has 1 amide bonds. The van der Waals surface area contributed by atoms with Crippen LogP contribution in [0.2, 0.25) is 0 Å². The average molecular weight is 350 g/mol. The highest BCUT2D eigenvalue weighted by Crippen LogP contribution is 2.39. The molecule has 1 aromatic carbocycles. The first kappa shape index (κ1) is 15.1. The Morgan fingerprint density at radius 2 is 1.81 bits per heavy atom. The smallest absolute Gasteiger partial charge is 0.251 e. The Kier molecular flexibility index (Phi) is 4.99. The van der Waals surface area contributed by atoms with Crippen molar-refractivity contribution in [3.8, 4) is 0 Å². The lowest BCUT2D eigenvalue weighted by atomic mass is 9.85. The van der Waals surface area contributed by atoms with Crippen molar-refractivity contribution in [2.24, 2.45) is 5.92 Å². The van der Waals surface area contributed by atoms with E-state index < -0.39 is 0 Å². The first-order chi connectivity index (χ1) is 10.3. The third-order valence-electron chi connectivity index (χ3n) is 4.94. The van der Waals surface area contributed by atoms with E-state index in [1.54, 1.807) is 0 Å². The van der Waals surface area contributed by atoms with Gasteiger partial charge in [-0.25, -0.2) is 0 Å². The molecule has 3 heteroatoms. The summed E-state index contributed by atoms with van der Waals surface area (Å²) in [6, 6.07) is 6.48. The number of hydrogen-bond acceptors (Lipinski definition) is 1. The fourth-order valence-corrected chi connectivity index (χ4v) is 4.47. The van der Waals surface area contributed by atoms with Crippen LogP contribution in [0.4, 0.5) is 0 Å². The molecule has 1 atom stereocenters. The van der Waals surface area contributed by atoms with E-state index in [0.29, 0.717) is 10.7 Å². The van der Waals surface area contributed by atoms with E-state index in [-0.39, 0.29) is 5.91 Å². The highest BCUT2D eigenvalue weighted by atomic mass is 79.9. The molecule has 1 N–H and O–H groups in total. The van der Waals surface area contributed by atoms with Gasteiger partial charge in [-0.05, 0) is 42.4 Å². The summed E-state index contributed by atoms with van der Waals surface area (Å²) in [7, 11) is 0.